The first-order valence-electron chi connectivity index (χ1n) is 5.68. The second kappa shape index (κ2) is 4.87. The lowest BCUT2D eigenvalue weighted by atomic mass is 9.89. The lowest BCUT2D eigenvalue weighted by molar-refractivity contribution is 0.0764. The topological polar surface area (TPSA) is 58.4 Å². The van der Waals surface area contributed by atoms with Gasteiger partial charge >= 0.3 is 0 Å². The maximum Gasteiger partial charge on any atom is 0.257 e. The zero-order chi connectivity index (χ0) is 13.2. The Labute approximate surface area is 102 Å². The number of aliphatic hydroxyl groups excluding tert-OH is 1. The molecule has 0 unspecified atom stereocenters. The van der Waals surface area contributed by atoms with Crippen molar-refractivity contribution in [3.8, 4) is 0 Å². The predicted octanol–water partition coefficient (Wildman–Crippen LogP) is 0.782. The van der Waals surface area contributed by atoms with Gasteiger partial charge in [-0.25, -0.2) is 0 Å². The Balaban J connectivity index is 3.09. The second-order valence-corrected chi connectivity index (χ2v) is 5.27. The molecule has 1 aromatic heterocycles. The van der Waals surface area contributed by atoms with Gasteiger partial charge in [-0.05, 0) is 0 Å². The maximum atomic E-state index is 12.2. The molecule has 1 heterocycles. The highest BCUT2D eigenvalue weighted by Crippen LogP contribution is 2.24. The molecule has 1 rings (SSSR count). The van der Waals surface area contributed by atoms with Crippen LogP contribution >= 0.6 is 0 Å². The summed E-state index contributed by atoms with van der Waals surface area (Å²) in [4.78, 5) is 13.7. The summed E-state index contributed by atoms with van der Waals surface area (Å²) in [7, 11) is 3.48. The number of likely N-dealkylation sites (N-methyl/N-ethyl adjacent to an activating group) is 1. The molecule has 96 valence electrons. The predicted molar refractivity (Wildman–Crippen MR) is 66.0 cm³/mol. The number of aryl methyl sites for hydroxylation is 1. The van der Waals surface area contributed by atoms with Crippen molar-refractivity contribution in [1.29, 1.82) is 0 Å². The van der Waals surface area contributed by atoms with E-state index in [0.717, 1.165) is 5.69 Å². The van der Waals surface area contributed by atoms with Crippen molar-refractivity contribution in [3.05, 3.63) is 17.5 Å². The van der Waals surface area contributed by atoms with Crippen molar-refractivity contribution in [2.24, 2.45) is 7.05 Å². The molecule has 0 radical (unpaired) electrons. The highest BCUT2D eigenvalue weighted by atomic mass is 16.3. The number of rotatable bonds is 3. The lowest BCUT2D eigenvalue weighted by Gasteiger charge is -2.20. The third-order valence-electron chi connectivity index (χ3n) is 2.55. The van der Waals surface area contributed by atoms with Crippen LogP contribution in [0.1, 0.15) is 36.8 Å². The quantitative estimate of drug-likeness (QED) is 0.848. The number of aromatic nitrogens is 2. The fraction of sp³-hybridized carbons (Fsp3) is 0.667. The number of carbonyl (C=O) groups is 1. The summed E-state index contributed by atoms with van der Waals surface area (Å²) in [5, 5.41) is 13.2. The molecule has 0 spiro atoms. The molecule has 17 heavy (non-hydrogen) atoms. The van der Waals surface area contributed by atoms with Crippen LogP contribution in [0.4, 0.5) is 0 Å². The first kappa shape index (κ1) is 13.7. The van der Waals surface area contributed by atoms with E-state index in [9.17, 15) is 4.79 Å². The lowest BCUT2D eigenvalue weighted by Crippen LogP contribution is -2.31. The molecule has 0 bridgehead atoms. The summed E-state index contributed by atoms with van der Waals surface area (Å²) >= 11 is 0. The van der Waals surface area contributed by atoms with Crippen LogP contribution in [-0.2, 0) is 12.5 Å². The Morgan fingerprint density at radius 2 is 2.12 bits per heavy atom. The summed E-state index contributed by atoms with van der Waals surface area (Å²) in [5.41, 5.74) is 1.22. The summed E-state index contributed by atoms with van der Waals surface area (Å²) in [6.07, 6.45) is 1.73. The van der Waals surface area contributed by atoms with Crippen LogP contribution in [0.25, 0.3) is 0 Å². The number of nitrogens with zero attached hydrogens (tertiary/aromatic N) is 3. The largest absolute Gasteiger partial charge is 0.395 e. The van der Waals surface area contributed by atoms with Gasteiger partial charge in [0.15, 0.2) is 0 Å². The molecule has 1 aromatic rings. The third kappa shape index (κ3) is 3.06. The van der Waals surface area contributed by atoms with E-state index in [2.05, 4.69) is 5.10 Å². The fourth-order valence-corrected chi connectivity index (χ4v) is 1.66. The van der Waals surface area contributed by atoms with E-state index >= 15 is 0 Å². The minimum atomic E-state index is -0.174. The second-order valence-electron chi connectivity index (χ2n) is 5.27. The van der Waals surface area contributed by atoms with Crippen molar-refractivity contribution >= 4 is 5.91 Å². The smallest absolute Gasteiger partial charge is 0.257 e. The minimum absolute atomic E-state index is 0.0344. The molecule has 0 saturated carbocycles. The molecule has 0 atom stereocenters. The average Bonchev–Trinajstić information content (AvgIpc) is 2.59. The highest BCUT2D eigenvalue weighted by molar-refractivity contribution is 5.95. The monoisotopic (exact) mass is 239 g/mol. The Bertz CT molecular complexity index is 404. The van der Waals surface area contributed by atoms with Gasteiger partial charge < -0.3 is 10.0 Å². The Morgan fingerprint density at radius 3 is 2.59 bits per heavy atom. The van der Waals surface area contributed by atoms with Crippen LogP contribution in [0.15, 0.2) is 6.20 Å². The van der Waals surface area contributed by atoms with Crippen molar-refractivity contribution in [3.63, 3.8) is 0 Å². The Morgan fingerprint density at radius 1 is 1.53 bits per heavy atom. The molecule has 0 saturated heterocycles. The van der Waals surface area contributed by atoms with Gasteiger partial charge in [0.2, 0.25) is 0 Å². The Kier molecular flexibility index (Phi) is 3.93. The standard InChI is InChI=1S/C12H21N3O2/c1-12(2,3)10-9(8-15(5)13-10)11(17)14(4)6-7-16/h8,16H,6-7H2,1-5H3. The van der Waals surface area contributed by atoms with E-state index < -0.39 is 0 Å². The van der Waals surface area contributed by atoms with E-state index in [-0.39, 0.29) is 17.9 Å². The van der Waals surface area contributed by atoms with E-state index in [1.54, 1.807) is 25.0 Å². The number of hydrogen-bond acceptors (Lipinski definition) is 3. The van der Waals surface area contributed by atoms with Crippen molar-refractivity contribution < 1.29 is 9.90 Å². The van der Waals surface area contributed by atoms with Crippen LogP contribution in [-0.4, -0.2) is 45.9 Å². The Hall–Kier alpha value is -1.36. The number of hydrogen-bond donors (Lipinski definition) is 1. The minimum Gasteiger partial charge on any atom is -0.395 e. The number of amides is 1. The zero-order valence-electron chi connectivity index (χ0n) is 11.2. The number of carbonyl (C=O) groups excluding carboxylic acids is 1. The van der Waals surface area contributed by atoms with Crippen molar-refractivity contribution in [2.75, 3.05) is 20.2 Å². The van der Waals surface area contributed by atoms with Crippen LogP contribution in [0.5, 0.6) is 0 Å². The van der Waals surface area contributed by atoms with Crippen molar-refractivity contribution in [1.82, 2.24) is 14.7 Å². The van der Waals surface area contributed by atoms with E-state index in [0.29, 0.717) is 12.1 Å². The molecule has 0 aliphatic carbocycles. The van der Waals surface area contributed by atoms with Gasteiger partial charge in [0.25, 0.3) is 5.91 Å². The summed E-state index contributed by atoms with van der Waals surface area (Å²) in [6.45, 7) is 6.37. The van der Waals surface area contributed by atoms with Gasteiger partial charge in [0, 0.05) is 32.3 Å². The molecule has 5 heteroatoms. The van der Waals surface area contributed by atoms with E-state index in [4.69, 9.17) is 5.11 Å². The molecule has 1 N–H and O–H groups in total. The molecular formula is C12H21N3O2. The molecule has 0 aliphatic rings. The zero-order valence-corrected chi connectivity index (χ0v) is 11.2. The average molecular weight is 239 g/mol. The summed E-state index contributed by atoms with van der Waals surface area (Å²) in [6, 6.07) is 0. The SMILES string of the molecule is CN(CCO)C(=O)c1cn(C)nc1C(C)(C)C. The normalized spacial score (nSPS) is 11.6. The molecule has 0 aliphatic heterocycles. The molecule has 0 fully saturated rings. The fourth-order valence-electron chi connectivity index (χ4n) is 1.66. The summed E-state index contributed by atoms with van der Waals surface area (Å²) in [5.74, 6) is -0.0999. The van der Waals surface area contributed by atoms with E-state index in [1.165, 1.54) is 4.90 Å². The highest BCUT2D eigenvalue weighted by Gasteiger charge is 2.27. The van der Waals surface area contributed by atoms with Gasteiger partial charge in [0.05, 0.1) is 17.9 Å². The molecular weight excluding hydrogens is 218 g/mol. The molecule has 0 aromatic carbocycles. The van der Waals surface area contributed by atoms with Gasteiger partial charge in [-0.2, -0.15) is 5.10 Å². The first-order valence-corrected chi connectivity index (χ1v) is 5.68. The first-order chi connectivity index (χ1) is 7.77. The van der Waals surface area contributed by atoms with Crippen LogP contribution in [0, 0.1) is 0 Å². The van der Waals surface area contributed by atoms with Crippen LogP contribution < -0.4 is 0 Å². The summed E-state index contributed by atoms with van der Waals surface area (Å²) < 4.78 is 1.65. The van der Waals surface area contributed by atoms with E-state index in [1.807, 2.05) is 20.8 Å². The third-order valence-corrected chi connectivity index (χ3v) is 2.55. The van der Waals surface area contributed by atoms with Gasteiger partial charge in [-0.1, -0.05) is 20.8 Å². The maximum absolute atomic E-state index is 12.2. The van der Waals surface area contributed by atoms with Crippen molar-refractivity contribution in [2.45, 2.75) is 26.2 Å². The van der Waals surface area contributed by atoms with Crippen LogP contribution in [0.2, 0.25) is 0 Å². The number of aliphatic hydroxyl groups is 1. The molecule has 1 amide bonds. The molecule has 5 nitrogen and oxygen atoms in total. The van der Waals surface area contributed by atoms with Gasteiger partial charge in [-0.15, -0.1) is 0 Å². The van der Waals surface area contributed by atoms with Gasteiger partial charge in [0.1, 0.15) is 0 Å². The van der Waals surface area contributed by atoms with Gasteiger partial charge in [-0.3, -0.25) is 9.48 Å². The van der Waals surface area contributed by atoms with Crippen LogP contribution in [0.3, 0.4) is 0 Å².